The molecule has 0 saturated carbocycles. The Morgan fingerprint density at radius 1 is 0.917 bits per heavy atom. The predicted octanol–water partition coefficient (Wildman–Crippen LogP) is 6.52. The third-order valence-corrected chi connectivity index (χ3v) is 7.07. The zero-order chi connectivity index (χ0) is 24.5. The molecule has 0 fully saturated rings. The van der Waals surface area contributed by atoms with Crippen molar-refractivity contribution in [3.8, 4) is 11.3 Å². The lowest BCUT2D eigenvalue weighted by Crippen LogP contribution is -2.29. The maximum absolute atomic E-state index is 13.0. The van der Waals surface area contributed by atoms with Crippen LogP contribution >= 0.6 is 51.5 Å². The molecule has 184 valence electrons. The molecule has 6 nitrogen and oxygen atoms in total. The van der Waals surface area contributed by atoms with E-state index in [1.807, 2.05) is 28.1 Å². The molecular formula is C26H20BrCl2N3O3S. The van der Waals surface area contributed by atoms with Gasteiger partial charge in [-0.05, 0) is 48.9 Å². The van der Waals surface area contributed by atoms with Crippen LogP contribution in [0.4, 0.5) is 11.4 Å². The van der Waals surface area contributed by atoms with Crippen LogP contribution in [0.25, 0.3) is 11.3 Å². The fourth-order valence-electron chi connectivity index (χ4n) is 4.00. The lowest BCUT2D eigenvalue weighted by molar-refractivity contribution is 0.0926. The zero-order valence-corrected chi connectivity index (χ0v) is 22.8. The average Bonchev–Trinajstić information content (AvgIpc) is 3.38. The Morgan fingerprint density at radius 2 is 1.64 bits per heavy atom. The molecule has 0 spiro atoms. The molecule has 1 N–H and O–H groups in total. The number of benzene rings is 3. The summed E-state index contributed by atoms with van der Waals surface area (Å²) >= 11 is 13.9. The zero-order valence-electron chi connectivity index (χ0n) is 18.7. The highest BCUT2D eigenvalue weighted by Gasteiger charge is 2.36. The van der Waals surface area contributed by atoms with Crippen LogP contribution in [0.2, 0.25) is 10.0 Å². The number of thiazole rings is 1. The van der Waals surface area contributed by atoms with Gasteiger partial charge in [-0.15, -0.1) is 28.3 Å². The Hall–Kier alpha value is -2.75. The number of nitrogens with zero attached hydrogens (tertiary/aromatic N) is 3. The number of anilines is 1. The maximum atomic E-state index is 13.0. The maximum Gasteiger partial charge on any atom is 0.266 e. The van der Waals surface area contributed by atoms with E-state index < -0.39 is 0 Å². The van der Waals surface area contributed by atoms with E-state index in [2.05, 4.69) is 0 Å². The molecule has 36 heavy (non-hydrogen) atoms. The van der Waals surface area contributed by atoms with Gasteiger partial charge in [-0.2, -0.15) is 0 Å². The number of rotatable bonds is 6. The van der Waals surface area contributed by atoms with Crippen LogP contribution < -0.4 is 9.70 Å². The second-order valence-corrected chi connectivity index (χ2v) is 9.56. The Kier molecular flexibility index (Phi) is 8.12. The van der Waals surface area contributed by atoms with Gasteiger partial charge >= 0.3 is 0 Å². The Labute approximate surface area is 231 Å². The molecule has 0 saturated heterocycles. The van der Waals surface area contributed by atoms with Crippen LogP contribution in [0.15, 0.2) is 77.1 Å². The highest BCUT2D eigenvalue weighted by Crippen LogP contribution is 2.32. The molecule has 1 aliphatic heterocycles. The van der Waals surface area contributed by atoms with Gasteiger partial charge in [0.2, 0.25) is 0 Å². The second-order valence-electron chi connectivity index (χ2n) is 7.88. The van der Waals surface area contributed by atoms with Crippen LogP contribution in [0, 0.1) is 0 Å². The quantitative estimate of drug-likeness (QED) is 0.255. The van der Waals surface area contributed by atoms with Crippen molar-refractivity contribution >= 4 is 74.7 Å². The van der Waals surface area contributed by atoms with Crippen LogP contribution in [0.5, 0.6) is 0 Å². The van der Waals surface area contributed by atoms with Crippen LogP contribution in [0.1, 0.15) is 27.1 Å². The summed E-state index contributed by atoms with van der Waals surface area (Å²) in [5.41, 5.74) is 3.49. The minimum atomic E-state index is -0.340. The third kappa shape index (κ3) is 4.92. The molecule has 0 radical (unpaired) electrons. The lowest BCUT2D eigenvalue weighted by atomic mass is 10.1. The number of hydrogen-bond donors (Lipinski definition) is 1. The van der Waals surface area contributed by atoms with E-state index in [0.717, 1.165) is 11.3 Å². The van der Waals surface area contributed by atoms with E-state index in [4.69, 9.17) is 28.2 Å². The molecule has 0 aliphatic carbocycles. The number of aromatic nitrogens is 1. The molecule has 0 bridgehead atoms. The fourth-order valence-corrected chi connectivity index (χ4v) is 5.27. The Morgan fingerprint density at radius 3 is 2.33 bits per heavy atom. The molecule has 0 atom stereocenters. The van der Waals surface area contributed by atoms with E-state index in [1.54, 1.807) is 48.5 Å². The number of amides is 2. The SMILES string of the molecule is Br.O=C1c2ccccc2C(=O)N1c1cccc(-c2csc(=Nc3cc(Cl)ccc3Cl)n2CCCO)c1. The van der Waals surface area contributed by atoms with Crippen molar-refractivity contribution in [1.82, 2.24) is 4.57 Å². The molecule has 3 aromatic carbocycles. The normalized spacial score (nSPS) is 13.2. The summed E-state index contributed by atoms with van der Waals surface area (Å²) in [4.78, 5) is 32.5. The number of carbonyl (C=O) groups excluding carboxylic acids is 2. The van der Waals surface area contributed by atoms with E-state index >= 15 is 0 Å². The van der Waals surface area contributed by atoms with Crippen LogP contribution in [0.3, 0.4) is 0 Å². The summed E-state index contributed by atoms with van der Waals surface area (Å²) in [6, 6.07) is 19.2. The van der Waals surface area contributed by atoms with E-state index in [0.29, 0.717) is 50.3 Å². The number of fused-ring (bicyclic) bond motifs is 1. The minimum Gasteiger partial charge on any atom is -0.396 e. The average molecular weight is 605 g/mol. The molecule has 0 unspecified atom stereocenters. The van der Waals surface area contributed by atoms with Crippen molar-refractivity contribution in [2.75, 3.05) is 11.5 Å². The highest BCUT2D eigenvalue weighted by atomic mass is 79.9. The highest BCUT2D eigenvalue weighted by molar-refractivity contribution is 8.93. The number of aliphatic hydroxyl groups excluding tert-OH is 1. The van der Waals surface area contributed by atoms with E-state index in [-0.39, 0.29) is 35.4 Å². The molecule has 1 aromatic heterocycles. The standard InChI is InChI=1S/C26H19Cl2N3O3S.BrH/c27-17-9-10-21(28)22(14-17)29-26-30(11-4-12-32)23(15-35-26)16-5-3-6-18(13-16)31-24(33)19-7-1-2-8-20(19)25(31)34;/h1-3,5-10,13-15,32H,4,11-12H2;1H. The van der Waals surface area contributed by atoms with Gasteiger partial charge in [-0.1, -0.05) is 47.5 Å². The monoisotopic (exact) mass is 603 g/mol. The van der Waals surface area contributed by atoms with Gasteiger partial charge in [-0.3, -0.25) is 9.59 Å². The first-order chi connectivity index (χ1) is 17.0. The van der Waals surface area contributed by atoms with Gasteiger partial charge < -0.3 is 9.67 Å². The molecule has 2 amide bonds. The minimum absolute atomic E-state index is 0. The number of halogens is 3. The van der Waals surface area contributed by atoms with Crippen LogP contribution in [-0.4, -0.2) is 28.1 Å². The number of hydrogen-bond acceptors (Lipinski definition) is 5. The Balaban J connectivity index is 0.00000304. The lowest BCUT2D eigenvalue weighted by Gasteiger charge is -2.16. The smallest absolute Gasteiger partial charge is 0.266 e. The topological polar surface area (TPSA) is 74.9 Å². The van der Waals surface area contributed by atoms with Crippen molar-refractivity contribution in [2.45, 2.75) is 13.0 Å². The van der Waals surface area contributed by atoms with Gasteiger partial charge in [0, 0.05) is 29.1 Å². The van der Waals surface area contributed by atoms with Gasteiger partial charge in [0.25, 0.3) is 11.8 Å². The predicted molar refractivity (Wildman–Crippen MR) is 149 cm³/mol. The molecular weight excluding hydrogens is 585 g/mol. The van der Waals surface area contributed by atoms with E-state index in [9.17, 15) is 14.7 Å². The van der Waals surface area contributed by atoms with Crippen molar-refractivity contribution in [3.05, 3.63) is 98.1 Å². The molecule has 10 heteroatoms. The largest absolute Gasteiger partial charge is 0.396 e. The summed E-state index contributed by atoms with van der Waals surface area (Å²) in [7, 11) is 0. The van der Waals surface area contributed by atoms with Gasteiger partial charge in [0.05, 0.1) is 33.2 Å². The fraction of sp³-hybridized carbons (Fsp3) is 0.115. The van der Waals surface area contributed by atoms with Gasteiger partial charge in [0.1, 0.15) is 0 Å². The number of imide groups is 1. The first-order valence-electron chi connectivity index (χ1n) is 10.8. The molecule has 4 aromatic rings. The van der Waals surface area contributed by atoms with Gasteiger partial charge in [-0.25, -0.2) is 9.89 Å². The summed E-state index contributed by atoms with van der Waals surface area (Å²) in [5.74, 6) is -0.681. The van der Waals surface area contributed by atoms with Crippen molar-refractivity contribution < 1.29 is 14.7 Å². The summed E-state index contributed by atoms with van der Waals surface area (Å²) in [6.07, 6.45) is 0.526. The van der Waals surface area contributed by atoms with Crippen molar-refractivity contribution in [1.29, 1.82) is 0 Å². The summed E-state index contributed by atoms with van der Waals surface area (Å²) in [6.45, 7) is 0.540. The van der Waals surface area contributed by atoms with Crippen LogP contribution in [-0.2, 0) is 6.54 Å². The second kappa shape index (κ2) is 11.1. The summed E-state index contributed by atoms with van der Waals surface area (Å²) in [5, 5.41) is 12.4. The van der Waals surface area contributed by atoms with E-state index in [1.165, 1.54) is 16.2 Å². The number of carbonyl (C=O) groups is 2. The Bertz CT molecular complexity index is 1500. The van der Waals surface area contributed by atoms with Crippen molar-refractivity contribution in [2.24, 2.45) is 4.99 Å². The molecule has 2 heterocycles. The van der Waals surface area contributed by atoms with Gasteiger partial charge in [0.15, 0.2) is 4.80 Å². The first kappa shape index (κ1) is 26.3. The summed E-state index contributed by atoms with van der Waals surface area (Å²) < 4.78 is 1.99. The van der Waals surface area contributed by atoms with Crippen molar-refractivity contribution in [3.63, 3.8) is 0 Å². The molecule has 5 rings (SSSR count). The third-order valence-electron chi connectivity index (χ3n) is 5.66. The first-order valence-corrected chi connectivity index (χ1v) is 12.5. The number of aliphatic hydroxyl groups is 1. The molecule has 1 aliphatic rings.